The van der Waals surface area contributed by atoms with Crippen LogP contribution in [0.25, 0.3) is 10.9 Å². The van der Waals surface area contributed by atoms with Crippen LogP contribution in [0.15, 0.2) is 24.3 Å². The molecule has 1 heterocycles. The maximum atomic E-state index is 13.0. The van der Waals surface area contributed by atoms with Crippen LogP contribution in [0.1, 0.15) is 11.3 Å². The predicted octanol–water partition coefficient (Wildman–Crippen LogP) is 3.64. The van der Waals surface area contributed by atoms with E-state index in [-0.39, 0.29) is 24.2 Å². The van der Waals surface area contributed by atoms with Crippen molar-refractivity contribution in [3.05, 3.63) is 35.5 Å². The van der Waals surface area contributed by atoms with E-state index < -0.39 is 29.1 Å². The second-order valence-electron chi connectivity index (χ2n) is 4.47. The number of fused-ring (bicyclic) bond motifs is 1. The largest absolute Gasteiger partial charge is 0.433 e. The van der Waals surface area contributed by atoms with Crippen molar-refractivity contribution < 1.29 is 26.3 Å². The molecule has 2 aromatic rings. The van der Waals surface area contributed by atoms with Crippen LogP contribution in [0.2, 0.25) is 0 Å². The van der Waals surface area contributed by atoms with E-state index in [1.165, 1.54) is 6.07 Å². The molecule has 1 aromatic heterocycles. The smallest absolute Gasteiger partial charge is 0.383 e. The van der Waals surface area contributed by atoms with Crippen LogP contribution < -0.4 is 11.1 Å². The first-order valence-electron chi connectivity index (χ1n) is 6.16. The van der Waals surface area contributed by atoms with Gasteiger partial charge in [0, 0.05) is 24.2 Å². The zero-order chi connectivity index (χ0) is 16.5. The van der Waals surface area contributed by atoms with Crippen LogP contribution in [-0.4, -0.2) is 18.1 Å². The highest BCUT2D eigenvalue weighted by molar-refractivity contribution is 5.93. The van der Waals surface area contributed by atoms with Gasteiger partial charge in [0.15, 0.2) is 0 Å². The highest BCUT2D eigenvalue weighted by atomic mass is 19.4. The zero-order valence-corrected chi connectivity index (χ0v) is 11.0. The minimum absolute atomic E-state index is 0.0451. The lowest BCUT2D eigenvalue weighted by atomic mass is 10.1. The van der Waals surface area contributed by atoms with Crippen molar-refractivity contribution in [2.24, 2.45) is 5.73 Å². The number of nitrogens with two attached hydrogens (primary N) is 1. The van der Waals surface area contributed by atoms with E-state index in [0.717, 1.165) is 6.07 Å². The molecule has 0 aliphatic carbocycles. The Balaban J connectivity index is 2.77. The van der Waals surface area contributed by atoms with Gasteiger partial charge in [0.1, 0.15) is 5.69 Å². The zero-order valence-electron chi connectivity index (χ0n) is 11.0. The molecular weight excluding hydrogens is 312 g/mol. The summed E-state index contributed by atoms with van der Waals surface area (Å²) in [5, 5.41) is 2.55. The summed E-state index contributed by atoms with van der Waals surface area (Å²) in [7, 11) is 0. The van der Waals surface area contributed by atoms with Crippen molar-refractivity contribution in [1.29, 1.82) is 0 Å². The second kappa shape index (κ2) is 5.64. The van der Waals surface area contributed by atoms with E-state index in [0.29, 0.717) is 12.1 Å². The molecule has 0 saturated carbocycles. The van der Waals surface area contributed by atoms with Crippen LogP contribution in [-0.2, 0) is 12.4 Å². The molecule has 3 nitrogen and oxygen atoms in total. The van der Waals surface area contributed by atoms with Crippen molar-refractivity contribution in [1.82, 2.24) is 4.98 Å². The molecule has 0 saturated heterocycles. The molecule has 0 amide bonds. The third-order valence-corrected chi connectivity index (χ3v) is 2.90. The molecule has 120 valence electrons. The topological polar surface area (TPSA) is 50.9 Å². The monoisotopic (exact) mass is 323 g/mol. The Bertz CT molecular complexity index is 678. The first-order valence-corrected chi connectivity index (χ1v) is 6.16. The molecule has 0 spiro atoms. The highest BCUT2D eigenvalue weighted by Gasteiger charge is 2.37. The molecule has 0 bridgehead atoms. The standard InChI is InChI=1S/C13H11F6N3/c14-12(15,16)8-3-1-2-7-9(21-5-4-20)6-10(13(17,18)19)22-11(7)8/h1-3,6H,4-5,20H2,(H,21,22). The maximum Gasteiger partial charge on any atom is 0.433 e. The lowest BCUT2D eigenvalue weighted by Gasteiger charge is -2.16. The van der Waals surface area contributed by atoms with Gasteiger partial charge in [-0.3, -0.25) is 0 Å². The number of hydrogen-bond acceptors (Lipinski definition) is 3. The Morgan fingerprint density at radius 3 is 2.27 bits per heavy atom. The van der Waals surface area contributed by atoms with Gasteiger partial charge in [-0.2, -0.15) is 26.3 Å². The molecule has 0 aliphatic heterocycles. The minimum Gasteiger partial charge on any atom is -0.383 e. The van der Waals surface area contributed by atoms with E-state index in [4.69, 9.17) is 5.73 Å². The molecule has 3 N–H and O–H groups in total. The maximum absolute atomic E-state index is 13.0. The van der Waals surface area contributed by atoms with Crippen molar-refractivity contribution in [2.45, 2.75) is 12.4 Å². The number of nitrogens with zero attached hydrogens (tertiary/aromatic N) is 1. The first kappa shape index (κ1) is 16.3. The van der Waals surface area contributed by atoms with Gasteiger partial charge in [-0.05, 0) is 12.1 Å². The van der Waals surface area contributed by atoms with E-state index >= 15 is 0 Å². The number of benzene rings is 1. The van der Waals surface area contributed by atoms with Crippen molar-refractivity contribution in [2.75, 3.05) is 18.4 Å². The summed E-state index contributed by atoms with van der Waals surface area (Å²) in [5.41, 5.74) is 1.82. The van der Waals surface area contributed by atoms with Crippen molar-refractivity contribution in [3.8, 4) is 0 Å². The quantitative estimate of drug-likeness (QED) is 0.848. The summed E-state index contributed by atoms with van der Waals surface area (Å²) in [4.78, 5) is 3.17. The number of hydrogen-bond donors (Lipinski definition) is 2. The number of pyridine rings is 1. The fourth-order valence-corrected chi connectivity index (χ4v) is 1.98. The molecule has 22 heavy (non-hydrogen) atoms. The summed E-state index contributed by atoms with van der Waals surface area (Å²) in [5.74, 6) is 0. The summed E-state index contributed by atoms with van der Waals surface area (Å²) in [6.07, 6.45) is -9.66. The Hall–Kier alpha value is -2.03. The number of para-hydroxylation sites is 1. The molecule has 0 fully saturated rings. The lowest BCUT2D eigenvalue weighted by Crippen LogP contribution is -2.16. The lowest BCUT2D eigenvalue weighted by molar-refractivity contribution is -0.142. The SMILES string of the molecule is NCCNc1cc(C(F)(F)F)nc2c(C(F)(F)F)cccc12. The van der Waals surface area contributed by atoms with Gasteiger partial charge in [0.2, 0.25) is 0 Å². The van der Waals surface area contributed by atoms with Crippen LogP contribution in [0.3, 0.4) is 0 Å². The van der Waals surface area contributed by atoms with Gasteiger partial charge in [-0.1, -0.05) is 12.1 Å². The molecule has 0 radical (unpaired) electrons. The van der Waals surface area contributed by atoms with E-state index in [1.54, 1.807) is 0 Å². The fraction of sp³-hybridized carbons (Fsp3) is 0.308. The van der Waals surface area contributed by atoms with Crippen molar-refractivity contribution in [3.63, 3.8) is 0 Å². The Morgan fingerprint density at radius 1 is 1.05 bits per heavy atom. The van der Waals surface area contributed by atoms with Gasteiger partial charge in [0.05, 0.1) is 11.1 Å². The normalized spacial score (nSPS) is 12.7. The summed E-state index contributed by atoms with van der Waals surface area (Å²) in [6, 6.07) is 3.77. The number of aromatic nitrogens is 1. The van der Waals surface area contributed by atoms with Crippen LogP contribution in [0.5, 0.6) is 0 Å². The Kier molecular flexibility index (Phi) is 4.19. The van der Waals surface area contributed by atoms with Gasteiger partial charge in [-0.15, -0.1) is 0 Å². The summed E-state index contributed by atoms with van der Waals surface area (Å²) in [6.45, 7) is 0.233. The first-order chi connectivity index (χ1) is 10.1. The van der Waals surface area contributed by atoms with Gasteiger partial charge in [-0.25, -0.2) is 4.98 Å². The summed E-state index contributed by atoms with van der Waals surface area (Å²) >= 11 is 0. The molecule has 1 aromatic carbocycles. The fourth-order valence-electron chi connectivity index (χ4n) is 1.98. The van der Waals surface area contributed by atoms with E-state index in [1.807, 2.05) is 0 Å². The molecule has 9 heteroatoms. The van der Waals surface area contributed by atoms with Crippen LogP contribution in [0, 0.1) is 0 Å². The summed E-state index contributed by atoms with van der Waals surface area (Å²) < 4.78 is 77.5. The average molecular weight is 323 g/mol. The number of rotatable bonds is 3. The van der Waals surface area contributed by atoms with Crippen molar-refractivity contribution >= 4 is 16.6 Å². The molecule has 2 rings (SSSR count). The minimum atomic E-state index is -4.86. The van der Waals surface area contributed by atoms with Crippen LogP contribution in [0.4, 0.5) is 32.0 Å². The molecule has 0 atom stereocenters. The number of halogens is 6. The second-order valence-corrected chi connectivity index (χ2v) is 4.47. The Morgan fingerprint density at radius 2 is 1.73 bits per heavy atom. The third kappa shape index (κ3) is 3.24. The molecule has 0 aliphatic rings. The third-order valence-electron chi connectivity index (χ3n) is 2.90. The molecular formula is C13H11F6N3. The van der Waals surface area contributed by atoms with Gasteiger partial charge < -0.3 is 11.1 Å². The number of anilines is 1. The van der Waals surface area contributed by atoms with Gasteiger partial charge in [0.25, 0.3) is 0 Å². The van der Waals surface area contributed by atoms with E-state index in [2.05, 4.69) is 10.3 Å². The molecule has 0 unspecified atom stereocenters. The predicted molar refractivity (Wildman–Crippen MR) is 69.3 cm³/mol. The van der Waals surface area contributed by atoms with E-state index in [9.17, 15) is 26.3 Å². The van der Waals surface area contributed by atoms with Gasteiger partial charge >= 0.3 is 12.4 Å². The highest BCUT2D eigenvalue weighted by Crippen LogP contribution is 2.38. The van der Waals surface area contributed by atoms with Crippen LogP contribution >= 0.6 is 0 Å². The average Bonchev–Trinajstić information content (AvgIpc) is 2.41. The Labute approximate surface area is 121 Å². The number of alkyl halides is 6. The number of nitrogens with one attached hydrogen (secondary N) is 1.